The Morgan fingerprint density at radius 1 is 1.21 bits per heavy atom. The summed E-state index contributed by atoms with van der Waals surface area (Å²) in [5.74, 6) is 0.115. The smallest absolute Gasteiger partial charge is 0.412 e. The molecule has 1 N–H and O–H groups in total. The fourth-order valence-electron chi connectivity index (χ4n) is 3.90. The van der Waals surface area contributed by atoms with Crippen LogP contribution in [0.2, 0.25) is 0 Å². The first-order valence-electron chi connectivity index (χ1n) is 10.9. The number of nitrogens with one attached hydrogen (secondary N) is 1. The normalized spacial score (nSPS) is 17.6. The van der Waals surface area contributed by atoms with Gasteiger partial charge in [-0.25, -0.2) is 13.2 Å². The molecular weight excluding hydrogens is 444 g/mol. The number of hydrogen-bond donors (Lipinski definition) is 1. The Morgan fingerprint density at radius 2 is 1.85 bits per heavy atom. The number of carbonyl (C=O) groups excluding carboxylic acids is 2. The molecular formula is C23H32N4O5S. The van der Waals surface area contributed by atoms with Crippen LogP contribution in [0.25, 0.3) is 0 Å². The second-order valence-electron chi connectivity index (χ2n) is 9.52. The minimum absolute atomic E-state index is 0.104. The molecule has 1 aromatic heterocycles. The molecule has 1 aromatic carbocycles. The van der Waals surface area contributed by atoms with Crippen molar-refractivity contribution >= 4 is 27.5 Å². The predicted octanol–water partition coefficient (Wildman–Crippen LogP) is 3.48. The van der Waals surface area contributed by atoms with E-state index in [4.69, 9.17) is 4.74 Å². The van der Waals surface area contributed by atoms with Crippen molar-refractivity contribution in [3.05, 3.63) is 46.8 Å². The van der Waals surface area contributed by atoms with E-state index >= 15 is 0 Å². The molecule has 1 unspecified atom stereocenters. The van der Waals surface area contributed by atoms with Crippen LogP contribution in [-0.4, -0.2) is 59.3 Å². The van der Waals surface area contributed by atoms with E-state index in [0.717, 1.165) is 17.0 Å². The molecule has 2 heterocycles. The number of amides is 2. The van der Waals surface area contributed by atoms with Gasteiger partial charge in [0, 0.05) is 36.1 Å². The highest BCUT2D eigenvalue weighted by molar-refractivity contribution is 7.91. The molecule has 1 fully saturated rings. The Bertz CT molecular complexity index is 1150. The molecule has 0 spiro atoms. The van der Waals surface area contributed by atoms with E-state index in [1.165, 1.54) is 0 Å². The first kappa shape index (κ1) is 24.8. The van der Waals surface area contributed by atoms with Crippen LogP contribution < -0.4 is 5.32 Å². The predicted molar refractivity (Wildman–Crippen MR) is 126 cm³/mol. The number of benzene rings is 1. The van der Waals surface area contributed by atoms with Gasteiger partial charge < -0.3 is 9.64 Å². The average Bonchev–Trinajstić information content (AvgIpc) is 3.19. The number of aromatic nitrogens is 2. The number of anilines is 1. The van der Waals surface area contributed by atoms with Crippen molar-refractivity contribution in [1.29, 1.82) is 0 Å². The quantitative estimate of drug-likeness (QED) is 0.707. The van der Waals surface area contributed by atoms with E-state index < -0.39 is 21.5 Å². The Morgan fingerprint density at radius 3 is 2.39 bits per heavy atom. The monoisotopic (exact) mass is 476 g/mol. The van der Waals surface area contributed by atoms with E-state index in [9.17, 15) is 18.0 Å². The van der Waals surface area contributed by atoms with Gasteiger partial charge in [0.15, 0.2) is 9.84 Å². The summed E-state index contributed by atoms with van der Waals surface area (Å²) in [4.78, 5) is 26.5. The van der Waals surface area contributed by atoms with E-state index in [-0.39, 0.29) is 23.5 Å². The topological polar surface area (TPSA) is 111 Å². The lowest BCUT2D eigenvalue weighted by Gasteiger charge is -2.20. The highest BCUT2D eigenvalue weighted by Crippen LogP contribution is 2.27. The van der Waals surface area contributed by atoms with Crippen molar-refractivity contribution in [3.63, 3.8) is 0 Å². The molecule has 0 radical (unpaired) electrons. The van der Waals surface area contributed by atoms with Crippen molar-refractivity contribution in [2.24, 2.45) is 0 Å². The zero-order valence-electron chi connectivity index (χ0n) is 20.0. The maximum absolute atomic E-state index is 12.9. The van der Waals surface area contributed by atoms with Gasteiger partial charge in [-0.15, -0.1) is 0 Å². The Balaban J connectivity index is 1.67. The van der Waals surface area contributed by atoms with Gasteiger partial charge in [-0.2, -0.15) is 5.10 Å². The molecule has 9 nitrogen and oxygen atoms in total. The molecule has 10 heteroatoms. The van der Waals surface area contributed by atoms with Crippen LogP contribution in [0.1, 0.15) is 60.5 Å². The summed E-state index contributed by atoms with van der Waals surface area (Å²) in [6, 6.07) is 6.45. The Kier molecular flexibility index (Phi) is 6.88. The van der Waals surface area contributed by atoms with Crippen molar-refractivity contribution in [2.45, 2.75) is 59.2 Å². The Hall–Kier alpha value is -2.88. The molecule has 2 aromatic rings. The molecule has 1 atom stereocenters. The van der Waals surface area contributed by atoms with Crippen LogP contribution in [0.3, 0.4) is 0 Å². The lowest BCUT2D eigenvalue weighted by atomic mass is 10.1. The molecule has 1 aliphatic rings. The number of sulfone groups is 1. The van der Waals surface area contributed by atoms with Crippen LogP contribution in [0, 0.1) is 13.8 Å². The SMILES string of the molecule is Cc1nn(C2CCS(=O)(=O)C2)c(C)c1CN(C)C(=O)c1ccc(NC(=O)OC(C)(C)C)cc1. The molecule has 0 bridgehead atoms. The third-order valence-electron chi connectivity index (χ3n) is 5.55. The summed E-state index contributed by atoms with van der Waals surface area (Å²) in [5.41, 5.74) is 3.00. The van der Waals surface area contributed by atoms with Crippen molar-refractivity contribution in [3.8, 4) is 0 Å². The van der Waals surface area contributed by atoms with E-state index in [1.807, 2.05) is 13.8 Å². The van der Waals surface area contributed by atoms with Gasteiger partial charge in [-0.1, -0.05) is 0 Å². The maximum atomic E-state index is 12.9. The van der Waals surface area contributed by atoms with Crippen LogP contribution in [-0.2, 0) is 21.1 Å². The molecule has 180 valence electrons. The standard InChI is InChI=1S/C23H32N4O5S/c1-15-20(16(2)27(25-15)19-11-12-33(30,31)14-19)13-26(6)21(28)17-7-9-18(10-8-17)24-22(29)32-23(3,4)5/h7-10,19H,11-14H2,1-6H3,(H,24,29). The van der Waals surface area contributed by atoms with Gasteiger partial charge >= 0.3 is 6.09 Å². The van der Waals surface area contributed by atoms with Crippen molar-refractivity contribution in [1.82, 2.24) is 14.7 Å². The summed E-state index contributed by atoms with van der Waals surface area (Å²) < 4.78 is 30.7. The lowest BCUT2D eigenvalue weighted by molar-refractivity contribution is 0.0635. The summed E-state index contributed by atoms with van der Waals surface area (Å²) >= 11 is 0. The summed E-state index contributed by atoms with van der Waals surface area (Å²) in [6.07, 6.45) is -0.000872. The minimum Gasteiger partial charge on any atom is -0.444 e. The summed E-state index contributed by atoms with van der Waals surface area (Å²) in [6.45, 7) is 9.49. The molecule has 33 heavy (non-hydrogen) atoms. The van der Waals surface area contributed by atoms with Gasteiger partial charge in [0.2, 0.25) is 0 Å². The second kappa shape index (κ2) is 9.17. The summed E-state index contributed by atoms with van der Waals surface area (Å²) in [7, 11) is -1.30. The highest BCUT2D eigenvalue weighted by atomic mass is 32.2. The minimum atomic E-state index is -3.02. The van der Waals surface area contributed by atoms with Gasteiger partial charge in [0.05, 0.1) is 23.2 Å². The van der Waals surface area contributed by atoms with E-state index in [2.05, 4.69) is 10.4 Å². The highest BCUT2D eigenvalue weighted by Gasteiger charge is 2.31. The van der Waals surface area contributed by atoms with E-state index in [0.29, 0.717) is 24.2 Å². The fraction of sp³-hybridized carbons (Fsp3) is 0.522. The number of aryl methyl sites for hydroxylation is 1. The molecule has 0 saturated carbocycles. The number of carbonyl (C=O) groups is 2. The lowest BCUT2D eigenvalue weighted by Crippen LogP contribution is -2.27. The van der Waals surface area contributed by atoms with Crippen molar-refractivity contribution in [2.75, 3.05) is 23.9 Å². The Labute approximate surface area is 195 Å². The zero-order valence-corrected chi connectivity index (χ0v) is 20.8. The first-order valence-corrected chi connectivity index (χ1v) is 12.7. The van der Waals surface area contributed by atoms with Crippen LogP contribution in [0.15, 0.2) is 24.3 Å². The molecule has 1 saturated heterocycles. The molecule has 0 aliphatic carbocycles. The van der Waals surface area contributed by atoms with Crippen LogP contribution in [0.5, 0.6) is 0 Å². The second-order valence-corrected chi connectivity index (χ2v) is 11.7. The summed E-state index contributed by atoms with van der Waals surface area (Å²) in [5, 5.41) is 7.21. The third-order valence-corrected chi connectivity index (χ3v) is 7.30. The number of hydrogen-bond acceptors (Lipinski definition) is 6. The number of nitrogens with zero attached hydrogens (tertiary/aromatic N) is 3. The third kappa shape index (κ3) is 6.13. The van der Waals surface area contributed by atoms with Gasteiger partial charge in [0.25, 0.3) is 5.91 Å². The van der Waals surface area contributed by atoms with Crippen LogP contribution in [0.4, 0.5) is 10.5 Å². The van der Waals surface area contributed by atoms with Gasteiger partial charge in [-0.3, -0.25) is 14.8 Å². The molecule has 3 rings (SSSR count). The largest absolute Gasteiger partial charge is 0.444 e. The van der Waals surface area contributed by atoms with E-state index in [1.54, 1.807) is 61.7 Å². The number of ether oxygens (including phenoxy) is 1. The van der Waals surface area contributed by atoms with Gasteiger partial charge in [-0.05, 0) is 65.3 Å². The number of rotatable bonds is 5. The molecule has 1 aliphatic heterocycles. The van der Waals surface area contributed by atoms with Gasteiger partial charge in [0.1, 0.15) is 5.60 Å². The fourth-order valence-corrected chi connectivity index (χ4v) is 5.59. The van der Waals surface area contributed by atoms with Crippen LogP contribution >= 0.6 is 0 Å². The zero-order chi connectivity index (χ0) is 24.6. The first-order chi connectivity index (χ1) is 15.3. The molecule has 2 amide bonds. The maximum Gasteiger partial charge on any atom is 0.412 e. The van der Waals surface area contributed by atoms with Crippen molar-refractivity contribution < 1.29 is 22.7 Å². The average molecular weight is 477 g/mol.